The fourth-order valence-electron chi connectivity index (χ4n) is 8.02. The number of hydrogen-bond donors (Lipinski definition) is 3. The van der Waals surface area contributed by atoms with Gasteiger partial charge in [0.15, 0.2) is 0 Å². The van der Waals surface area contributed by atoms with Gasteiger partial charge >= 0.3 is 27.3 Å². The first-order chi connectivity index (χ1) is 31.9. The number of rotatable bonds is 44. The van der Waals surface area contributed by atoms with Gasteiger partial charge < -0.3 is 19.3 Å². The van der Waals surface area contributed by atoms with Gasteiger partial charge in [-0.05, 0) is 24.1 Å². The minimum Gasteiger partial charge on any atom is -0.459 e. The van der Waals surface area contributed by atoms with Crippen molar-refractivity contribution in [3.8, 4) is 0 Å². The van der Waals surface area contributed by atoms with Crippen LogP contribution in [0.1, 0.15) is 219 Å². The third-order valence-corrected chi connectivity index (χ3v) is 15.6. The number of aromatic nitrogens is 2. The molecule has 1 fully saturated rings. The molecule has 0 amide bonds. The number of azide groups is 1. The van der Waals surface area contributed by atoms with Crippen molar-refractivity contribution in [1.29, 1.82) is 0 Å². The lowest BCUT2D eigenvalue weighted by Crippen LogP contribution is -2.31. The van der Waals surface area contributed by atoms with Crippen LogP contribution in [0.2, 0.25) is 0 Å². The maximum Gasteiger partial charge on any atom is 0.481 e. The van der Waals surface area contributed by atoms with Crippen molar-refractivity contribution in [2.24, 2.45) is 5.11 Å². The van der Waals surface area contributed by atoms with E-state index in [2.05, 4.69) is 33.2 Å². The van der Waals surface area contributed by atoms with Gasteiger partial charge in [-0.1, -0.05) is 192 Å². The number of aromatic amines is 1. The van der Waals surface area contributed by atoms with Crippen molar-refractivity contribution in [2.75, 3.05) is 24.7 Å². The van der Waals surface area contributed by atoms with E-state index in [1.165, 1.54) is 147 Å². The zero-order valence-electron chi connectivity index (χ0n) is 40.3. The molecule has 6 atom stereocenters. The number of unbranched alkanes of at least 4 members (excludes halogenated alkanes) is 27. The molecule has 382 valence electrons. The summed E-state index contributed by atoms with van der Waals surface area (Å²) in [5.41, 5.74) is 7.62. The van der Waals surface area contributed by atoms with Crippen LogP contribution in [0, 0.1) is 0 Å². The van der Waals surface area contributed by atoms with E-state index in [1.54, 1.807) is 11.8 Å². The van der Waals surface area contributed by atoms with Crippen molar-refractivity contribution in [1.82, 2.24) is 9.55 Å². The molecular formula is C46H85N5O12P2S. The summed E-state index contributed by atoms with van der Waals surface area (Å²) in [6, 6.07) is 0.126. The summed E-state index contributed by atoms with van der Waals surface area (Å²) in [4.78, 5) is 62.3. The summed E-state index contributed by atoms with van der Waals surface area (Å²) in [7, 11) is -10.5. The lowest BCUT2D eigenvalue weighted by atomic mass is 10.0. The summed E-state index contributed by atoms with van der Waals surface area (Å²) in [5.74, 6) is 0.638. The first kappa shape index (κ1) is 60.2. The number of hydrogen-bond acceptors (Lipinski definition) is 12. The Balaban J connectivity index is 1.78. The number of carbonyl (C=O) groups excluding carboxylic acids is 1. The molecule has 20 heteroatoms. The number of carbonyl (C=O) groups is 1. The molecule has 0 spiro atoms. The molecule has 0 radical (unpaired) electrons. The van der Waals surface area contributed by atoms with E-state index < -0.39 is 70.6 Å². The molecule has 1 aliphatic rings. The molecule has 1 aromatic heterocycles. The molecule has 17 nitrogen and oxygen atoms in total. The molecule has 1 aliphatic heterocycles. The summed E-state index contributed by atoms with van der Waals surface area (Å²) in [5, 5.41) is 3.61. The first-order valence-electron chi connectivity index (χ1n) is 25.3. The minimum absolute atomic E-state index is 0.0425. The van der Waals surface area contributed by atoms with Crippen LogP contribution in [-0.2, 0) is 36.8 Å². The normalized spacial score (nSPS) is 18.4. The van der Waals surface area contributed by atoms with Crippen molar-refractivity contribution >= 4 is 33.4 Å². The summed E-state index contributed by atoms with van der Waals surface area (Å²) in [6.45, 7) is 3.19. The highest BCUT2D eigenvalue weighted by atomic mass is 32.2. The van der Waals surface area contributed by atoms with Crippen molar-refractivity contribution in [2.45, 2.75) is 237 Å². The minimum atomic E-state index is -5.28. The van der Waals surface area contributed by atoms with E-state index in [-0.39, 0.29) is 18.6 Å². The second-order valence-corrected chi connectivity index (χ2v) is 21.9. The second kappa shape index (κ2) is 37.9. The van der Waals surface area contributed by atoms with Crippen LogP contribution in [0.15, 0.2) is 27.0 Å². The fraction of sp³-hybridized carbons (Fsp3) is 0.891. The van der Waals surface area contributed by atoms with Gasteiger partial charge in [-0.2, -0.15) is 16.1 Å². The van der Waals surface area contributed by atoms with Crippen molar-refractivity contribution in [3.63, 3.8) is 0 Å². The van der Waals surface area contributed by atoms with Gasteiger partial charge in [0.2, 0.25) is 0 Å². The van der Waals surface area contributed by atoms with E-state index >= 15 is 0 Å². The van der Waals surface area contributed by atoms with E-state index in [1.807, 2.05) is 0 Å². The molecule has 0 aromatic carbocycles. The van der Waals surface area contributed by atoms with E-state index in [0.29, 0.717) is 6.42 Å². The SMILES string of the molecule is CCCCCCCCCCCCCCCCCCSCC(COP(=O)(O)OP(=O)(O)OC[C@H]1O[C@@H](n2ccc(=O)[nH]c2=O)C[C@@H]1N=[N+]=[N-])OC(=O)CCCCCCCCCCCCCCC. The molecule has 1 aromatic rings. The van der Waals surface area contributed by atoms with Crippen LogP contribution in [0.5, 0.6) is 0 Å². The lowest BCUT2D eigenvalue weighted by Gasteiger charge is -2.22. The predicted molar refractivity (Wildman–Crippen MR) is 262 cm³/mol. The van der Waals surface area contributed by atoms with Gasteiger partial charge in [-0.3, -0.25) is 28.2 Å². The number of phosphoric acid groups is 2. The van der Waals surface area contributed by atoms with E-state index in [9.17, 15) is 33.3 Å². The average molecular weight is 994 g/mol. The third kappa shape index (κ3) is 30.5. The molecule has 2 rings (SSSR count). The topological polar surface area (TPSA) is 241 Å². The predicted octanol–water partition coefficient (Wildman–Crippen LogP) is 13.1. The Labute approximate surface area is 398 Å². The average Bonchev–Trinajstić information content (AvgIpc) is 3.67. The Bertz CT molecular complexity index is 1680. The first-order valence-corrected chi connectivity index (χ1v) is 29.5. The summed E-state index contributed by atoms with van der Waals surface area (Å²) in [6.07, 6.45) is 34.0. The number of thioether (sulfide) groups is 1. The molecule has 0 saturated carbocycles. The van der Waals surface area contributed by atoms with Crippen LogP contribution in [0.25, 0.3) is 10.4 Å². The van der Waals surface area contributed by atoms with Gasteiger partial charge in [0.05, 0.1) is 25.4 Å². The molecule has 3 N–H and O–H groups in total. The molecule has 0 aliphatic carbocycles. The van der Waals surface area contributed by atoms with Crippen molar-refractivity contribution < 1.29 is 46.5 Å². The van der Waals surface area contributed by atoms with Crippen LogP contribution < -0.4 is 11.2 Å². The molecule has 3 unspecified atom stereocenters. The molecule has 0 bridgehead atoms. The van der Waals surface area contributed by atoms with Crippen LogP contribution in [-0.4, -0.2) is 68.3 Å². The highest BCUT2D eigenvalue weighted by molar-refractivity contribution is 7.99. The molecule has 1 saturated heterocycles. The van der Waals surface area contributed by atoms with Crippen LogP contribution in [0.3, 0.4) is 0 Å². The third-order valence-electron chi connectivity index (χ3n) is 11.8. The van der Waals surface area contributed by atoms with Crippen LogP contribution in [0.4, 0.5) is 0 Å². The number of phosphoric ester groups is 2. The number of H-pyrrole nitrogens is 1. The molecular weight excluding hydrogens is 909 g/mol. The standard InChI is InChI=1S/C46H85N5O12P2S/c1-3-5-7-9-11-13-15-17-18-19-21-23-25-27-29-31-35-66-39-40(61-45(53)32-30-28-26-24-22-20-16-14-12-10-8-6-4-2)37-59-64(55,56)63-65(57,58)60-38-42-41(49-50-47)36-44(62-42)51-34-33-43(52)48-46(51)54/h33-34,40-42,44H,3-32,35-39H2,1-2H3,(H,55,56)(H,57,58)(H,48,52,54)/t40?,41-,42+,44+/m0/s1. The van der Waals surface area contributed by atoms with Crippen molar-refractivity contribution in [3.05, 3.63) is 43.5 Å². The second-order valence-electron chi connectivity index (χ2n) is 17.7. The highest BCUT2D eigenvalue weighted by Gasteiger charge is 2.41. The molecule has 66 heavy (non-hydrogen) atoms. The van der Waals surface area contributed by atoms with Gasteiger partial charge in [0.1, 0.15) is 12.3 Å². The number of nitrogens with one attached hydrogen (secondary N) is 1. The van der Waals surface area contributed by atoms with E-state index in [0.717, 1.165) is 54.9 Å². The maximum atomic E-state index is 12.9. The Morgan fingerprint density at radius 3 is 1.74 bits per heavy atom. The zero-order valence-corrected chi connectivity index (χ0v) is 42.9. The number of esters is 1. The fourth-order valence-corrected chi connectivity index (χ4v) is 11.1. The summed E-state index contributed by atoms with van der Waals surface area (Å²) < 4.78 is 52.8. The van der Waals surface area contributed by atoms with Gasteiger partial charge in [0.25, 0.3) is 5.56 Å². The number of ether oxygens (including phenoxy) is 2. The molecule has 2 heterocycles. The summed E-state index contributed by atoms with van der Waals surface area (Å²) >= 11 is 1.54. The lowest BCUT2D eigenvalue weighted by molar-refractivity contribution is -0.149. The quantitative estimate of drug-likeness (QED) is 0.0138. The van der Waals surface area contributed by atoms with Gasteiger partial charge in [-0.15, -0.1) is 0 Å². The van der Waals surface area contributed by atoms with Gasteiger partial charge in [-0.25, -0.2) is 13.9 Å². The Kier molecular flexibility index (Phi) is 34.5. The number of nitrogens with zero attached hydrogens (tertiary/aromatic N) is 4. The largest absolute Gasteiger partial charge is 0.481 e. The maximum absolute atomic E-state index is 12.9. The van der Waals surface area contributed by atoms with E-state index in [4.69, 9.17) is 24.1 Å². The zero-order chi connectivity index (χ0) is 48.1. The monoisotopic (exact) mass is 994 g/mol. The van der Waals surface area contributed by atoms with Crippen LogP contribution >= 0.6 is 27.4 Å². The highest BCUT2D eigenvalue weighted by Crippen LogP contribution is 2.60. The Morgan fingerprint density at radius 2 is 1.26 bits per heavy atom. The smallest absolute Gasteiger partial charge is 0.459 e. The van der Waals surface area contributed by atoms with Gasteiger partial charge in [0, 0.05) is 35.8 Å². The Morgan fingerprint density at radius 1 is 0.788 bits per heavy atom. The Hall–Kier alpha value is -1.97.